The van der Waals surface area contributed by atoms with Gasteiger partial charge in [0.2, 0.25) is 0 Å². The highest BCUT2D eigenvalue weighted by atomic mass is 79.9. The standard InChI is InChI=1S/C29H37BrClF2N5O3/c1-5-20-21-8-7-17(38(21)27(39)41-28(2,3)4)14-37(20)25-22-18(30)11-19(31)23(33)24(22)34-26(35-25)40-15-29-9-6-10-36(29)13-16(32)12-29/h11,16-17,20-21H,5-10,12-15H2,1-4H3/t16-,17-,20-,21+,29+/m1/s1. The Morgan fingerprint density at radius 3 is 2.78 bits per heavy atom. The number of carbonyl (C=O) groups is 1. The van der Waals surface area contributed by atoms with Gasteiger partial charge in [0.1, 0.15) is 29.7 Å². The van der Waals surface area contributed by atoms with E-state index in [1.807, 2.05) is 25.7 Å². The van der Waals surface area contributed by atoms with E-state index in [-0.39, 0.29) is 47.4 Å². The van der Waals surface area contributed by atoms with Gasteiger partial charge in [0.05, 0.1) is 34.1 Å². The van der Waals surface area contributed by atoms with Gasteiger partial charge in [-0.15, -0.1) is 0 Å². The maximum absolute atomic E-state index is 15.5. The van der Waals surface area contributed by atoms with Crippen LogP contribution in [0.5, 0.6) is 6.01 Å². The summed E-state index contributed by atoms with van der Waals surface area (Å²) in [6, 6.07) is 1.33. The molecule has 0 spiro atoms. The molecule has 0 aliphatic carbocycles. The van der Waals surface area contributed by atoms with Crippen LogP contribution in [0.2, 0.25) is 5.02 Å². The molecule has 0 N–H and O–H groups in total. The fourth-order valence-corrected chi connectivity index (χ4v) is 8.39. The van der Waals surface area contributed by atoms with Crippen molar-refractivity contribution in [3.8, 4) is 6.01 Å². The van der Waals surface area contributed by atoms with Crippen LogP contribution in [0.4, 0.5) is 19.4 Å². The topological polar surface area (TPSA) is 71.0 Å². The lowest BCUT2D eigenvalue weighted by molar-refractivity contribution is 0.00735. The molecule has 0 saturated carbocycles. The summed E-state index contributed by atoms with van der Waals surface area (Å²) in [4.78, 5) is 28.8. The fourth-order valence-electron chi connectivity index (χ4n) is 7.46. The molecular formula is C29H37BrClF2N5O3. The first kappa shape index (κ1) is 29.1. The second kappa shape index (κ2) is 10.6. The number of aromatic nitrogens is 2. The van der Waals surface area contributed by atoms with Gasteiger partial charge in [-0.05, 0) is 81.4 Å². The third kappa shape index (κ3) is 5.13. The Balaban J connectivity index is 1.38. The Morgan fingerprint density at radius 2 is 2.05 bits per heavy atom. The number of halogens is 4. The average Bonchev–Trinajstić information content (AvgIpc) is 3.53. The number of nitrogens with zero attached hydrogens (tertiary/aromatic N) is 5. The number of piperazine rings is 1. The highest BCUT2D eigenvalue weighted by Crippen LogP contribution is 2.44. The van der Waals surface area contributed by atoms with Crippen LogP contribution in [0.15, 0.2) is 10.5 Å². The summed E-state index contributed by atoms with van der Waals surface area (Å²) in [5.74, 6) is -0.109. The normalized spacial score (nSPS) is 29.9. The van der Waals surface area contributed by atoms with Crippen LogP contribution in [0.3, 0.4) is 0 Å². The highest BCUT2D eigenvalue weighted by Gasteiger charge is 2.51. The van der Waals surface area contributed by atoms with E-state index in [2.05, 4.69) is 37.6 Å². The van der Waals surface area contributed by atoms with E-state index in [0.29, 0.717) is 35.2 Å². The van der Waals surface area contributed by atoms with Crippen LogP contribution in [-0.4, -0.2) is 87.5 Å². The molecule has 5 heterocycles. The number of benzene rings is 1. The number of hydrogen-bond acceptors (Lipinski definition) is 7. The van der Waals surface area contributed by atoms with Gasteiger partial charge in [-0.3, -0.25) is 9.80 Å². The summed E-state index contributed by atoms with van der Waals surface area (Å²) in [7, 11) is 0. The highest BCUT2D eigenvalue weighted by molar-refractivity contribution is 9.10. The lowest BCUT2D eigenvalue weighted by atomic mass is 9.95. The molecular weight excluding hydrogens is 620 g/mol. The maximum atomic E-state index is 15.5. The van der Waals surface area contributed by atoms with Gasteiger partial charge >= 0.3 is 12.1 Å². The van der Waals surface area contributed by atoms with E-state index in [4.69, 9.17) is 26.1 Å². The first-order valence-corrected chi connectivity index (χ1v) is 15.7. The van der Waals surface area contributed by atoms with Crippen molar-refractivity contribution >= 4 is 50.3 Å². The van der Waals surface area contributed by atoms with Gasteiger partial charge in [0.25, 0.3) is 0 Å². The van der Waals surface area contributed by atoms with Gasteiger partial charge in [-0.1, -0.05) is 18.5 Å². The van der Waals surface area contributed by atoms with E-state index < -0.39 is 23.1 Å². The smallest absolute Gasteiger partial charge is 0.410 e. The number of hydrogen-bond donors (Lipinski definition) is 0. The summed E-state index contributed by atoms with van der Waals surface area (Å²) in [6.45, 7) is 9.69. The third-order valence-corrected chi connectivity index (χ3v) is 10.0. The van der Waals surface area contributed by atoms with E-state index in [9.17, 15) is 9.18 Å². The van der Waals surface area contributed by atoms with Crippen LogP contribution >= 0.6 is 27.5 Å². The Kier molecular flexibility index (Phi) is 7.55. The molecule has 8 nitrogen and oxygen atoms in total. The van der Waals surface area contributed by atoms with Gasteiger partial charge in [-0.2, -0.15) is 9.97 Å². The molecule has 224 valence electrons. The second-order valence-corrected chi connectivity index (χ2v) is 14.1. The largest absolute Gasteiger partial charge is 0.461 e. The van der Waals surface area contributed by atoms with Gasteiger partial charge < -0.3 is 14.4 Å². The van der Waals surface area contributed by atoms with Crippen molar-refractivity contribution in [2.75, 3.05) is 31.1 Å². The van der Waals surface area contributed by atoms with Crippen LogP contribution in [-0.2, 0) is 4.74 Å². The van der Waals surface area contributed by atoms with Crippen molar-refractivity contribution in [2.45, 2.75) is 102 Å². The summed E-state index contributed by atoms with van der Waals surface area (Å²) in [6.07, 6.45) is 3.47. The van der Waals surface area contributed by atoms with Crippen molar-refractivity contribution < 1.29 is 23.0 Å². The van der Waals surface area contributed by atoms with Crippen molar-refractivity contribution in [2.24, 2.45) is 0 Å². The van der Waals surface area contributed by atoms with Crippen molar-refractivity contribution in [3.63, 3.8) is 0 Å². The summed E-state index contributed by atoms with van der Waals surface area (Å²) in [5, 5.41) is 0.451. The molecule has 4 aliphatic rings. The van der Waals surface area contributed by atoms with Crippen molar-refractivity contribution in [1.82, 2.24) is 19.8 Å². The molecule has 0 unspecified atom stereocenters. The van der Waals surface area contributed by atoms with E-state index >= 15 is 4.39 Å². The number of amides is 1. The molecule has 0 radical (unpaired) electrons. The predicted molar refractivity (Wildman–Crippen MR) is 157 cm³/mol. The zero-order valence-electron chi connectivity index (χ0n) is 23.9. The molecule has 41 heavy (non-hydrogen) atoms. The van der Waals surface area contributed by atoms with Crippen LogP contribution in [0.1, 0.15) is 66.2 Å². The summed E-state index contributed by atoms with van der Waals surface area (Å²) in [5.41, 5.74) is -0.922. The van der Waals surface area contributed by atoms with Crippen LogP contribution in [0.25, 0.3) is 10.9 Å². The number of fused-ring (bicyclic) bond motifs is 4. The number of rotatable bonds is 5. The van der Waals surface area contributed by atoms with E-state index in [1.54, 1.807) is 0 Å². The van der Waals surface area contributed by atoms with E-state index in [1.165, 1.54) is 6.07 Å². The molecule has 1 aromatic heterocycles. The third-order valence-electron chi connectivity index (χ3n) is 9.10. The monoisotopic (exact) mass is 655 g/mol. The quantitative estimate of drug-likeness (QED) is 0.340. The van der Waals surface area contributed by atoms with Crippen molar-refractivity contribution in [3.05, 3.63) is 21.4 Å². The molecule has 1 amide bonds. The zero-order valence-corrected chi connectivity index (χ0v) is 26.3. The maximum Gasteiger partial charge on any atom is 0.410 e. The lowest BCUT2D eigenvalue weighted by Gasteiger charge is -2.47. The molecule has 2 bridgehead atoms. The molecule has 4 saturated heterocycles. The lowest BCUT2D eigenvalue weighted by Crippen LogP contribution is -2.62. The average molecular weight is 657 g/mol. The first-order chi connectivity index (χ1) is 19.4. The fraction of sp³-hybridized carbons (Fsp3) is 0.690. The van der Waals surface area contributed by atoms with Crippen LogP contribution in [0, 0.1) is 5.82 Å². The molecule has 12 heteroatoms. The molecule has 4 aliphatic heterocycles. The Bertz CT molecular complexity index is 1360. The Hall–Kier alpha value is -1.98. The van der Waals surface area contributed by atoms with Gasteiger partial charge in [0.15, 0.2) is 5.82 Å². The van der Waals surface area contributed by atoms with Crippen molar-refractivity contribution in [1.29, 1.82) is 0 Å². The molecule has 6 rings (SSSR count). The predicted octanol–water partition coefficient (Wildman–Crippen LogP) is 6.51. The van der Waals surface area contributed by atoms with Gasteiger partial charge in [0, 0.05) is 24.0 Å². The number of ether oxygens (including phenoxy) is 2. The molecule has 4 fully saturated rings. The molecule has 1 aromatic carbocycles. The second-order valence-electron chi connectivity index (χ2n) is 12.9. The minimum atomic E-state index is -0.888. The van der Waals surface area contributed by atoms with Gasteiger partial charge in [-0.25, -0.2) is 13.6 Å². The Labute approximate surface area is 252 Å². The minimum Gasteiger partial charge on any atom is -0.461 e. The minimum absolute atomic E-state index is 0.0425. The zero-order chi connectivity index (χ0) is 29.3. The number of carbonyl (C=O) groups excluding carboxylic acids is 1. The summed E-state index contributed by atoms with van der Waals surface area (Å²) >= 11 is 9.83. The van der Waals surface area contributed by atoms with E-state index in [0.717, 1.165) is 38.6 Å². The number of anilines is 1. The Morgan fingerprint density at radius 1 is 1.27 bits per heavy atom. The summed E-state index contributed by atoms with van der Waals surface area (Å²) < 4.78 is 42.5. The molecule has 5 atom stereocenters. The molecule has 2 aromatic rings. The first-order valence-electron chi connectivity index (χ1n) is 14.6. The number of alkyl halides is 1. The van der Waals surface area contributed by atoms with Crippen LogP contribution < -0.4 is 9.64 Å². The SMILES string of the molecule is CC[C@@H]1[C@@H]2CC[C@H](CN1c1nc(OC[C@@]34CCCN3C[C@H](F)C4)nc3c(F)c(Cl)cc(Br)c13)N2C(=O)OC(C)(C)C.